The van der Waals surface area contributed by atoms with Gasteiger partial charge in [-0.05, 0) is 43.4 Å². The third-order valence-electron chi connectivity index (χ3n) is 5.95. The smallest absolute Gasteiger partial charge is 0.264 e. The predicted octanol–water partition coefficient (Wildman–Crippen LogP) is 2.24. The Morgan fingerprint density at radius 1 is 1.23 bits per heavy atom. The maximum absolute atomic E-state index is 12.5. The molecule has 4 rings (SSSR count). The summed E-state index contributed by atoms with van der Waals surface area (Å²) in [6.45, 7) is 6.36. The molecule has 1 aromatic carbocycles. The highest BCUT2D eigenvalue weighted by atomic mass is 16.2. The minimum Gasteiger partial charge on any atom is -0.372 e. The van der Waals surface area contributed by atoms with E-state index < -0.39 is 0 Å². The third kappa shape index (κ3) is 4.08. The van der Waals surface area contributed by atoms with Gasteiger partial charge in [-0.3, -0.25) is 18.8 Å². The number of carbonyl (C=O) groups excluding carboxylic acids is 1. The lowest BCUT2D eigenvalue weighted by molar-refractivity contribution is -0.122. The van der Waals surface area contributed by atoms with Crippen molar-refractivity contribution in [2.75, 3.05) is 18.0 Å². The van der Waals surface area contributed by atoms with E-state index in [1.165, 1.54) is 40.3 Å². The minimum absolute atomic E-state index is 0.0783. The number of carbonyl (C=O) groups is 1. The Morgan fingerprint density at radius 2 is 1.93 bits per heavy atom. The van der Waals surface area contributed by atoms with Crippen LogP contribution < -0.4 is 15.8 Å². The summed E-state index contributed by atoms with van der Waals surface area (Å²) in [5.41, 5.74) is 2.50. The lowest BCUT2D eigenvalue weighted by Gasteiger charge is -2.32. The Labute approximate surface area is 175 Å². The normalized spacial score (nSPS) is 16.0. The van der Waals surface area contributed by atoms with Crippen molar-refractivity contribution in [2.45, 2.75) is 39.3 Å². The molecular weight excluding hydrogens is 380 g/mol. The number of aryl methyl sites for hydroxylation is 1. The van der Waals surface area contributed by atoms with E-state index in [-0.39, 0.29) is 24.1 Å². The van der Waals surface area contributed by atoms with E-state index in [4.69, 9.17) is 0 Å². The summed E-state index contributed by atoms with van der Waals surface area (Å²) in [6.07, 6.45) is 5.33. The van der Waals surface area contributed by atoms with Gasteiger partial charge in [0.15, 0.2) is 5.65 Å². The van der Waals surface area contributed by atoms with Crippen LogP contribution in [0, 0.1) is 5.92 Å². The van der Waals surface area contributed by atoms with Crippen LogP contribution in [-0.2, 0) is 18.4 Å². The van der Waals surface area contributed by atoms with E-state index >= 15 is 0 Å². The fourth-order valence-electron chi connectivity index (χ4n) is 3.94. The molecule has 1 aliphatic rings. The molecule has 1 saturated heterocycles. The fraction of sp³-hybridized carbons (Fsp3) is 0.455. The molecule has 0 saturated carbocycles. The van der Waals surface area contributed by atoms with Crippen LogP contribution in [0.3, 0.4) is 0 Å². The first-order chi connectivity index (χ1) is 14.4. The first-order valence-corrected chi connectivity index (χ1v) is 10.4. The van der Waals surface area contributed by atoms with E-state index in [2.05, 4.69) is 51.5 Å². The molecule has 0 bridgehead atoms. The SMILES string of the molecule is CC1CCN(c2ccc([C@@H](C)NC(=O)Cn3cnc4c(cnn4C)c3=O)cc2)CC1. The molecule has 0 aliphatic carbocycles. The Kier molecular flexibility index (Phi) is 5.57. The molecule has 0 radical (unpaired) electrons. The average Bonchev–Trinajstić information content (AvgIpc) is 3.12. The average molecular weight is 409 g/mol. The number of fused-ring (bicyclic) bond motifs is 1. The summed E-state index contributed by atoms with van der Waals surface area (Å²) in [5, 5.41) is 7.42. The molecule has 8 heteroatoms. The van der Waals surface area contributed by atoms with Gasteiger partial charge in [0.2, 0.25) is 5.91 Å². The van der Waals surface area contributed by atoms with E-state index in [0.29, 0.717) is 11.0 Å². The lowest BCUT2D eigenvalue weighted by atomic mass is 9.98. The van der Waals surface area contributed by atoms with Crippen LogP contribution in [0.2, 0.25) is 0 Å². The minimum atomic E-state index is -0.267. The zero-order chi connectivity index (χ0) is 21.3. The maximum Gasteiger partial charge on any atom is 0.264 e. The molecule has 1 N–H and O–H groups in total. The van der Waals surface area contributed by atoms with Crippen molar-refractivity contribution < 1.29 is 4.79 Å². The van der Waals surface area contributed by atoms with E-state index in [1.54, 1.807) is 7.05 Å². The van der Waals surface area contributed by atoms with Crippen molar-refractivity contribution in [1.29, 1.82) is 0 Å². The Balaban J connectivity index is 1.39. The van der Waals surface area contributed by atoms with Gasteiger partial charge in [0.1, 0.15) is 18.3 Å². The van der Waals surface area contributed by atoms with Crippen LogP contribution in [-0.4, -0.2) is 38.3 Å². The van der Waals surface area contributed by atoms with E-state index in [9.17, 15) is 9.59 Å². The molecule has 3 aromatic rings. The van der Waals surface area contributed by atoms with Crippen molar-refractivity contribution in [2.24, 2.45) is 13.0 Å². The topological polar surface area (TPSA) is 85.1 Å². The molecule has 1 atom stereocenters. The number of hydrogen-bond acceptors (Lipinski definition) is 5. The van der Waals surface area contributed by atoms with Gasteiger partial charge in [-0.1, -0.05) is 19.1 Å². The van der Waals surface area contributed by atoms with Crippen LogP contribution in [0.5, 0.6) is 0 Å². The number of amides is 1. The van der Waals surface area contributed by atoms with E-state index in [0.717, 1.165) is 24.6 Å². The molecule has 2 aromatic heterocycles. The lowest BCUT2D eigenvalue weighted by Crippen LogP contribution is -2.34. The van der Waals surface area contributed by atoms with Crippen molar-refractivity contribution in [3.63, 3.8) is 0 Å². The second kappa shape index (κ2) is 8.30. The van der Waals surface area contributed by atoms with Gasteiger partial charge in [-0.2, -0.15) is 5.10 Å². The van der Waals surface area contributed by atoms with Gasteiger partial charge in [0.05, 0.1) is 12.2 Å². The highest BCUT2D eigenvalue weighted by molar-refractivity contribution is 5.77. The number of aromatic nitrogens is 4. The van der Waals surface area contributed by atoms with Gasteiger partial charge in [-0.15, -0.1) is 0 Å². The first-order valence-electron chi connectivity index (χ1n) is 10.4. The van der Waals surface area contributed by atoms with Crippen molar-refractivity contribution >= 4 is 22.6 Å². The predicted molar refractivity (Wildman–Crippen MR) is 116 cm³/mol. The summed E-state index contributed by atoms with van der Waals surface area (Å²) in [7, 11) is 1.73. The van der Waals surface area contributed by atoms with Gasteiger partial charge in [-0.25, -0.2) is 4.98 Å². The summed E-state index contributed by atoms with van der Waals surface area (Å²) < 4.78 is 2.85. The molecule has 3 heterocycles. The molecule has 1 fully saturated rings. The molecule has 158 valence electrons. The van der Waals surface area contributed by atoms with Crippen LogP contribution >= 0.6 is 0 Å². The van der Waals surface area contributed by atoms with Crippen LogP contribution in [0.25, 0.3) is 11.0 Å². The van der Waals surface area contributed by atoms with Gasteiger partial charge in [0.25, 0.3) is 5.56 Å². The molecule has 0 unspecified atom stereocenters. The number of rotatable bonds is 5. The number of nitrogens with one attached hydrogen (secondary N) is 1. The van der Waals surface area contributed by atoms with Crippen molar-refractivity contribution in [3.05, 3.63) is 52.7 Å². The number of anilines is 1. The Morgan fingerprint density at radius 3 is 2.63 bits per heavy atom. The quantitative estimate of drug-likeness (QED) is 0.700. The Hall–Kier alpha value is -3.16. The summed E-state index contributed by atoms with van der Waals surface area (Å²) in [4.78, 5) is 31.7. The van der Waals surface area contributed by atoms with Gasteiger partial charge in [0, 0.05) is 25.8 Å². The Bertz CT molecular complexity index is 1090. The largest absolute Gasteiger partial charge is 0.372 e. The standard InChI is InChI=1S/C22H28N6O2/c1-15-8-10-27(11-9-15)18-6-4-17(5-7-18)16(2)25-20(29)13-28-14-23-21-19(22(28)30)12-24-26(21)3/h4-7,12,14-16H,8-11,13H2,1-3H3,(H,25,29)/t16-/m1/s1. The van der Waals surface area contributed by atoms with Gasteiger partial charge < -0.3 is 10.2 Å². The molecular formula is C22H28N6O2. The second-order valence-electron chi connectivity index (χ2n) is 8.23. The monoisotopic (exact) mass is 408 g/mol. The maximum atomic E-state index is 12.5. The van der Waals surface area contributed by atoms with Gasteiger partial charge >= 0.3 is 0 Å². The molecule has 30 heavy (non-hydrogen) atoms. The number of nitrogens with zero attached hydrogens (tertiary/aromatic N) is 5. The molecule has 0 spiro atoms. The van der Waals surface area contributed by atoms with Crippen molar-refractivity contribution in [3.8, 4) is 0 Å². The fourth-order valence-corrected chi connectivity index (χ4v) is 3.94. The highest BCUT2D eigenvalue weighted by Gasteiger charge is 2.17. The first kappa shape index (κ1) is 20.1. The van der Waals surface area contributed by atoms with Crippen LogP contribution in [0.15, 0.2) is 41.6 Å². The summed E-state index contributed by atoms with van der Waals surface area (Å²) in [5.74, 6) is 0.570. The second-order valence-corrected chi connectivity index (χ2v) is 8.23. The van der Waals surface area contributed by atoms with Crippen LogP contribution in [0.4, 0.5) is 5.69 Å². The number of hydrogen-bond donors (Lipinski definition) is 1. The highest BCUT2D eigenvalue weighted by Crippen LogP contribution is 2.24. The zero-order valence-electron chi connectivity index (χ0n) is 17.7. The van der Waals surface area contributed by atoms with Crippen molar-refractivity contribution in [1.82, 2.24) is 24.6 Å². The summed E-state index contributed by atoms with van der Waals surface area (Å²) in [6, 6.07) is 8.22. The molecule has 8 nitrogen and oxygen atoms in total. The molecule has 1 aliphatic heterocycles. The zero-order valence-corrected chi connectivity index (χ0v) is 17.7. The summed E-state index contributed by atoms with van der Waals surface area (Å²) >= 11 is 0. The van der Waals surface area contributed by atoms with E-state index in [1.807, 2.05) is 6.92 Å². The third-order valence-corrected chi connectivity index (χ3v) is 5.95. The number of piperidine rings is 1. The van der Waals surface area contributed by atoms with Crippen LogP contribution in [0.1, 0.15) is 38.3 Å². The number of benzene rings is 1. The molecule has 1 amide bonds.